The molecule has 0 saturated carbocycles. The highest BCUT2D eigenvalue weighted by Gasteiger charge is 2.43. The molecule has 0 bridgehead atoms. The van der Waals surface area contributed by atoms with Crippen molar-refractivity contribution in [2.75, 3.05) is 11.9 Å². The van der Waals surface area contributed by atoms with Crippen LogP contribution in [0.1, 0.15) is 0 Å². The molecule has 7 nitrogen and oxygen atoms in total. The van der Waals surface area contributed by atoms with E-state index in [0.717, 1.165) is 0 Å². The summed E-state index contributed by atoms with van der Waals surface area (Å²) in [7, 11) is 0. The van der Waals surface area contributed by atoms with Crippen LogP contribution in [0.5, 0.6) is 0 Å². The van der Waals surface area contributed by atoms with Gasteiger partial charge in [0.15, 0.2) is 6.23 Å². The molecular weight excluding hydrogens is 286 g/mol. The quantitative estimate of drug-likeness (QED) is 0.362. The standard InChI is InChI=1S/C8H14BrNO6/c9-1-4(12)10-8-7(15)6(14)5(13)3(2-11)16-8/h3,5-8,11,13-15H,1-2H2,(H,10,12)/t3-,5-,6+,7-,8-/m0/s1. The Balaban J connectivity index is 2.67. The van der Waals surface area contributed by atoms with E-state index >= 15 is 0 Å². The Labute approximate surface area is 100 Å². The van der Waals surface area contributed by atoms with Gasteiger partial charge in [0.25, 0.3) is 0 Å². The highest BCUT2D eigenvalue weighted by atomic mass is 79.9. The van der Waals surface area contributed by atoms with Crippen LogP contribution in [-0.4, -0.2) is 68.9 Å². The molecule has 1 fully saturated rings. The van der Waals surface area contributed by atoms with E-state index in [2.05, 4.69) is 21.2 Å². The van der Waals surface area contributed by atoms with Crippen LogP contribution in [0.25, 0.3) is 0 Å². The zero-order chi connectivity index (χ0) is 12.3. The Hall–Kier alpha value is -0.250. The Morgan fingerprint density at radius 3 is 2.38 bits per heavy atom. The first kappa shape index (κ1) is 13.8. The van der Waals surface area contributed by atoms with Gasteiger partial charge in [-0.2, -0.15) is 0 Å². The molecule has 0 aliphatic carbocycles. The minimum Gasteiger partial charge on any atom is -0.394 e. The first-order valence-corrected chi connectivity index (χ1v) is 5.79. The normalized spacial score (nSPS) is 39.4. The van der Waals surface area contributed by atoms with Gasteiger partial charge in [0, 0.05) is 0 Å². The molecule has 0 aromatic carbocycles. The summed E-state index contributed by atoms with van der Waals surface area (Å²) in [5, 5.41) is 39.6. The van der Waals surface area contributed by atoms with Gasteiger partial charge in [0.2, 0.25) is 5.91 Å². The summed E-state index contributed by atoms with van der Waals surface area (Å²) in [5.74, 6) is -0.440. The van der Waals surface area contributed by atoms with Gasteiger partial charge in [-0.3, -0.25) is 4.79 Å². The van der Waals surface area contributed by atoms with E-state index in [1.807, 2.05) is 0 Å². The van der Waals surface area contributed by atoms with Gasteiger partial charge in [-0.15, -0.1) is 0 Å². The maximum absolute atomic E-state index is 11.1. The van der Waals surface area contributed by atoms with Crippen LogP contribution >= 0.6 is 15.9 Å². The molecule has 0 unspecified atom stereocenters. The molecule has 5 atom stereocenters. The fraction of sp³-hybridized carbons (Fsp3) is 0.875. The lowest BCUT2D eigenvalue weighted by Gasteiger charge is -2.40. The van der Waals surface area contributed by atoms with Crippen molar-refractivity contribution in [3.05, 3.63) is 0 Å². The number of amides is 1. The van der Waals surface area contributed by atoms with E-state index in [4.69, 9.17) is 9.84 Å². The van der Waals surface area contributed by atoms with E-state index in [1.54, 1.807) is 0 Å². The third-order valence-electron chi connectivity index (χ3n) is 2.32. The molecule has 1 rings (SSSR count). The smallest absolute Gasteiger partial charge is 0.232 e. The molecule has 16 heavy (non-hydrogen) atoms. The first-order valence-electron chi connectivity index (χ1n) is 4.67. The summed E-state index contributed by atoms with van der Waals surface area (Å²) in [6, 6.07) is 0. The number of aliphatic hydroxyl groups is 4. The SMILES string of the molecule is O=C(CBr)N[C@H]1O[C@@H](CO)[C@H](O)[C@@H](O)[C@@H]1O. The van der Waals surface area contributed by atoms with Crippen LogP contribution < -0.4 is 5.32 Å². The number of alkyl halides is 1. The van der Waals surface area contributed by atoms with Crippen molar-refractivity contribution in [1.82, 2.24) is 5.32 Å². The van der Waals surface area contributed by atoms with Gasteiger partial charge in [-0.1, -0.05) is 15.9 Å². The molecule has 0 spiro atoms. The molecule has 1 aliphatic heterocycles. The lowest BCUT2D eigenvalue weighted by Crippen LogP contribution is -2.63. The highest BCUT2D eigenvalue weighted by molar-refractivity contribution is 9.09. The van der Waals surface area contributed by atoms with Crippen molar-refractivity contribution in [3.8, 4) is 0 Å². The van der Waals surface area contributed by atoms with Crippen molar-refractivity contribution < 1.29 is 30.0 Å². The summed E-state index contributed by atoms with van der Waals surface area (Å²) in [6.07, 6.45) is -6.51. The Kier molecular flexibility index (Phi) is 5.09. The van der Waals surface area contributed by atoms with Crippen LogP contribution in [0.3, 0.4) is 0 Å². The van der Waals surface area contributed by atoms with Crippen LogP contribution in [0.4, 0.5) is 0 Å². The number of nitrogens with one attached hydrogen (secondary N) is 1. The van der Waals surface area contributed by atoms with Crippen molar-refractivity contribution in [3.63, 3.8) is 0 Å². The molecular formula is C8H14BrNO6. The van der Waals surface area contributed by atoms with Gasteiger partial charge in [0.05, 0.1) is 11.9 Å². The first-order chi connectivity index (χ1) is 7.51. The average Bonchev–Trinajstić information content (AvgIpc) is 2.29. The molecule has 8 heteroatoms. The molecule has 94 valence electrons. The maximum atomic E-state index is 11.1. The number of halogens is 1. The van der Waals surface area contributed by atoms with Crippen LogP contribution in [0.2, 0.25) is 0 Å². The Bertz CT molecular complexity index is 251. The second-order valence-corrected chi connectivity index (χ2v) is 4.01. The number of aliphatic hydroxyl groups excluding tert-OH is 4. The zero-order valence-corrected chi connectivity index (χ0v) is 9.87. The molecule has 1 aliphatic rings. The van der Waals surface area contributed by atoms with Crippen molar-refractivity contribution >= 4 is 21.8 Å². The largest absolute Gasteiger partial charge is 0.394 e. The number of hydrogen-bond donors (Lipinski definition) is 5. The third-order valence-corrected chi connectivity index (χ3v) is 2.83. The monoisotopic (exact) mass is 299 g/mol. The minimum absolute atomic E-state index is 0.0159. The van der Waals surface area contributed by atoms with Gasteiger partial charge >= 0.3 is 0 Å². The van der Waals surface area contributed by atoms with E-state index in [0.29, 0.717) is 0 Å². The Morgan fingerprint density at radius 1 is 1.25 bits per heavy atom. The number of carbonyl (C=O) groups is 1. The van der Waals surface area contributed by atoms with Gasteiger partial charge in [-0.25, -0.2) is 0 Å². The lowest BCUT2D eigenvalue weighted by atomic mass is 9.98. The molecule has 0 aromatic rings. The number of hydrogen-bond acceptors (Lipinski definition) is 6. The summed E-state index contributed by atoms with van der Waals surface area (Å²) in [5.41, 5.74) is 0. The van der Waals surface area contributed by atoms with Crippen molar-refractivity contribution in [2.24, 2.45) is 0 Å². The van der Waals surface area contributed by atoms with Crippen LogP contribution in [0.15, 0.2) is 0 Å². The van der Waals surface area contributed by atoms with Gasteiger partial charge in [0.1, 0.15) is 24.4 Å². The third kappa shape index (κ3) is 2.90. The summed E-state index contributed by atoms with van der Waals surface area (Å²) in [4.78, 5) is 11.1. The Morgan fingerprint density at radius 2 is 1.88 bits per heavy atom. The second kappa shape index (κ2) is 5.89. The van der Waals surface area contributed by atoms with E-state index < -0.39 is 43.2 Å². The van der Waals surface area contributed by atoms with E-state index in [1.165, 1.54) is 0 Å². The fourth-order valence-corrected chi connectivity index (χ4v) is 1.58. The average molecular weight is 300 g/mol. The number of ether oxygens (including phenoxy) is 1. The molecule has 1 heterocycles. The molecule has 1 amide bonds. The van der Waals surface area contributed by atoms with Gasteiger partial charge < -0.3 is 30.5 Å². The molecule has 0 aromatic heterocycles. The number of rotatable bonds is 3. The summed E-state index contributed by atoms with van der Waals surface area (Å²) >= 11 is 2.91. The van der Waals surface area contributed by atoms with Crippen molar-refractivity contribution in [2.45, 2.75) is 30.6 Å². The molecule has 1 saturated heterocycles. The minimum atomic E-state index is -1.48. The predicted molar refractivity (Wildman–Crippen MR) is 55.7 cm³/mol. The second-order valence-electron chi connectivity index (χ2n) is 3.45. The van der Waals surface area contributed by atoms with Gasteiger partial charge in [-0.05, 0) is 0 Å². The fourth-order valence-electron chi connectivity index (χ4n) is 1.42. The summed E-state index contributed by atoms with van der Waals surface area (Å²) in [6.45, 7) is -0.522. The molecule has 5 N–H and O–H groups in total. The maximum Gasteiger partial charge on any atom is 0.232 e. The van der Waals surface area contributed by atoms with E-state index in [9.17, 15) is 20.1 Å². The summed E-state index contributed by atoms with van der Waals surface area (Å²) < 4.78 is 5.04. The molecule has 0 radical (unpaired) electrons. The van der Waals surface area contributed by atoms with Crippen molar-refractivity contribution in [1.29, 1.82) is 0 Å². The topological polar surface area (TPSA) is 119 Å². The van der Waals surface area contributed by atoms with Crippen LogP contribution in [0, 0.1) is 0 Å². The van der Waals surface area contributed by atoms with Crippen LogP contribution in [-0.2, 0) is 9.53 Å². The highest BCUT2D eigenvalue weighted by Crippen LogP contribution is 2.19. The van der Waals surface area contributed by atoms with E-state index in [-0.39, 0.29) is 5.33 Å². The number of carbonyl (C=O) groups excluding carboxylic acids is 1. The predicted octanol–water partition coefficient (Wildman–Crippen LogP) is -2.70. The lowest BCUT2D eigenvalue weighted by molar-refractivity contribution is -0.235. The zero-order valence-electron chi connectivity index (χ0n) is 8.28.